The Labute approximate surface area is 109 Å². The number of nitrogens with zero attached hydrogens (tertiary/aromatic N) is 3. The van der Waals surface area contributed by atoms with E-state index >= 15 is 0 Å². The summed E-state index contributed by atoms with van der Waals surface area (Å²) in [5.41, 5.74) is 0. The molecule has 1 aliphatic carbocycles. The molecular weight excluding hydrogens is 228 g/mol. The molecule has 2 rings (SSSR count). The normalized spacial score (nSPS) is 21.8. The third kappa shape index (κ3) is 3.10. The van der Waals surface area contributed by atoms with E-state index in [-0.39, 0.29) is 0 Å². The lowest BCUT2D eigenvalue weighted by Crippen LogP contribution is -2.22. The second-order valence-corrected chi connectivity index (χ2v) is 5.06. The monoisotopic (exact) mass is 250 g/mol. The molecule has 0 amide bonds. The van der Waals surface area contributed by atoms with Crippen LogP contribution in [-0.2, 0) is 11.3 Å². The molecule has 1 saturated carbocycles. The molecule has 1 fully saturated rings. The molecule has 1 aromatic rings. The average Bonchev–Trinajstić information content (AvgIpc) is 3.04. The molecule has 2 unspecified atom stereocenters. The quantitative estimate of drug-likeness (QED) is 0.833. The van der Waals surface area contributed by atoms with Crippen LogP contribution >= 0.6 is 0 Å². The van der Waals surface area contributed by atoms with Crippen LogP contribution in [-0.4, -0.2) is 37.7 Å². The summed E-state index contributed by atoms with van der Waals surface area (Å²) < 4.78 is 5.10. The average molecular weight is 250 g/mol. The minimum Gasteiger partial charge on any atom is -0.377 e. The highest BCUT2D eigenvalue weighted by Gasteiger charge is 2.33. The van der Waals surface area contributed by atoms with Crippen LogP contribution in [0.1, 0.15) is 19.2 Å². The maximum absolute atomic E-state index is 5.10. The lowest BCUT2D eigenvalue weighted by molar-refractivity contribution is 0.178. The maximum Gasteiger partial charge on any atom is 0.158 e. The van der Waals surface area contributed by atoms with Gasteiger partial charge in [0.15, 0.2) is 5.82 Å². The van der Waals surface area contributed by atoms with Crippen molar-refractivity contribution in [2.75, 3.05) is 38.0 Å². The zero-order valence-corrected chi connectivity index (χ0v) is 11.6. The SMILES string of the molecule is CNc1cc(N(C)CC2CC2C)nc(COC)n1. The van der Waals surface area contributed by atoms with E-state index in [4.69, 9.17) is 4.74 Å². The first-order chi connectivity index (χ1) is 8.63. The fourth-order valence-corrected chi connectivity index (χ4v) is 2.10. The van der Waals surface area contributed by atoms with Gasteiger partial charge in [-0.15, -0.1) is 0 Å². The van der Waals surface area contributed by atoms with Crippen LogP contribution in [0.3, 0.4) is 0 Å². The largest absolute Gasteiger partial charge is 0.377 e. The second kappa shape index (κ2) is 5.52. The van der Waals surface area contributed by atoms with Gasteiger partial charge in [0.05, 0.1) is 0 Å². The fraction of sp³-hybridized carbons (Fsp3) is 0.692. The number of ether oxygens (including phenoxy) is 1. The van der Waals surface area contributed by atoms with Gasteiger partial charge in [0, 0.05) is 33.8 Å². The molecule has 5 heteroatoms. The molecule has 0 radical (unpaired) electrons. The van der Waals surface area contributed by atoms with Gasteiger partial charge in [0.25, 0.3) is 0 Å². The number of hydrogen-bond donors (Lipinski definition) is 1. The number of anilines is 2. The van der Waals surface area contributed by atoms with Crippen LogP contribution in [0, 0.1) is 11.8 Å². The van der Waals surface area contributed by atoms with E-state index in [1.54, 1.807) is 7.11 Å². The van der Waals surface area contributed by atoms with Gasteiger partial charge < -0.3 is 15.0 Å². The van der Waals surface area contributed by atoms with E-state index in [2.05, 4.69) is 34.2 Å². The van der Waals surface area contributed by atoms with E-state index < -0.39 is 0 Å². The first kappa shape index (κ1) is 13.1. The lowest BCUT2D eigenvalue weighted by Gasteiger charge is -2.19. The van der Waals surface area contributed by atoms with Gasteiger partial charge in [-0.25, -0.2) is 9.97 Å². The molecule has 2 atom stereocenters. The molecule has 5 nitrogen and oxygen atoms in total. The maximum atomic E-state index is 5.10. The molecule has 1 N–H and O–H groups in total. The topological polar surface area (TPSA) is 50.3 Å². The van der Waals surface area contributed by atoms with Crippen molar-refractivity contribution in [2.45, 2.75) is 20.0 Å². The van der Waals surface area contributed by atoms with Crippen LogP contribution in [0.5, 0.6) is 0 Å². The summed E-state index contributed by atoms with van der Waals surface area (Å²) in [5.74, 6) is 4.18. The Balaban J connectivity index is 2.11. The van der Waals surface area contributed by atoms with Gasteiger partial charge in [-0.2, -0.15) is 0 Å². The molecule has 1 heterocycles. The van der Waals surface area contributed by atoms with Crippen molar-refractivity contribution < 1.29 is 4.74 Å². The van der Waals surface area contributed by atoms with Crippen LogP contribution in [0.4, 0.5) is 11.6 Å². The van der Waals surface area contributed by atoms with Crippen molar-refractivity contribution in [3.05, 3.63) is 11.9 Å². The van der Waals surface area contributed by atoms with Gasteiger partial charge in [0.1, 0.15) is 18.2 Å². The molecule has 0 aliphatic heterocycles. The smallest absolute Gasteiger partial charge is 0.158 e. The first-order valence-electron chi connectivity index (χ1n) is 6.39. The molecule has 0 bridgehead atoms. The molecule has 1 aromatic heterocycles. The Morgan fingerprint density at radius 1 is 1.50 bits per heavy atom. The molecule has 0 saturated heterocycles. The molecule has 0 spiro atoms. The lowest BCUT2D eigenvalue weighted by atomic mass is 10.3. The Morgan fingerprint density at radius 2 is 2.22 bits per heavy atom. The zero-order chi connectivity index (χ0) is 13.1. The summed E-state index contributed by atoms with van der Waals surface area (Å²) in [5, 5.41) is 3.07. The van der Waals surface area contributed by atoms with Crippen molar-refractivity contribution in [3.63, 3.8) is 0 Å². The Morgan fingerprint density at radius 3 is 2.78 bits per heavy atom. The second-order valence-electron chi connectivity index (χ2n) is 5.06. The van der Waals surface area contributed by atoms with Gasteiger partial charge in [-0.05, 0) is 18.3 Å². The summed E-state index contributed by atoms with van der Waals surface area (Å²) in [4.78, 5) is 11.1. The Kier molecular flexibility index (Phi) is 4.01. The molecule has 1 aliphatic rings. The van der Waals surface area contributed by atoms with Crippen molar-refractivity contribution in [2.24, 2.45) is 11.8 Å². The third-order valence-electron chi connectivity index (χ3n) is 3.46. The van der Waals surface area contributed by atoms with Crippen LogP contribution in [0.25, 0.3) is 0 Å². The minimum atomic E-state index is 0.441. The zero-order valence-electron chi connectivity index (χ0n) is 11.6. The van der Waals surface area contributed by atoms with E-state index in [1.807, 2.05) is 13.1 Å². The number of nitrogens with one attached hydrogen (secondary N) is 1. The summed E-state index contributed by atoms with van der Waals surface area (Å²) in [6.45, 7) is 3.80. The molecule has 0 aromatic carbocycles. The van der Waals surface area contributed by atoms with Gasteiger partial charge in [-0.1, -0.05) is 6.92 Å². The Hall–Kier alpha value is -1.36. The third-order valence-corrected chi connectivity index (χ3v) is 3.46. The van der Waals surface area contributed by atoms with E-state index in [9.17, 15) is 0 Å². The standard InChI is InChI=1S/C13H22N4O/c1-9-5-10(9)7-17(3)13-6-11(14-2)15-12(16-13)8-18-4/h6,9-10H,5,7-8H2,1-4H3,(H,14,15,16). The van der Waals surface area contributed by atoms with Gasteiger partial charge >= 0.3 is 0 Å². The van der Waals surface area contributed by atoms with E-state index in [1.165, 1.54) is 6.42 Å². The summed E-state index contributed by atoms with van der Waals surface area (Å²) in [6.07, 6.45) is 1.33. The molecule has 100 valence electrons. The molecular formula is C13H22N4O. The molecule has 18 heavy (non-hydrogen) atoms. The van der Waals surface area contributed by atoms with Crippen LogP contribution < -0.4 is 10.2 Å². The highest BCUT2D eigenvalue weighted by atomic mass is 16.5. The Bertz CT molecular complexity index is 410. The van der Waals surface area contributed by atoms with E-state index in [0.29, 0.717) is 6.61 Å². The fourth-order valence-electron chi connectivity index (χ4n) is 2.10. The van der Waals surface area contributed by atoms with Crippen molar-refractivity contribution >= 4 is 11.6 Å². The summed E-state index contributed by atoms with van der Waals surface area (Å²) >= 11 is 0. The number of rotatable bonds is 6. The highest BCUT2D eigenvalue weighted by molar-refractivity contribution is 5.48. The van der Waals surface area contributed by atoms with Crippen LogP contribution in [0.2, 0.25) is 0 Å². The number of hydrogen-bond acceptors (Lipinski definition) is 5. The van der Waals surface area contributed by atoms with Crippen molar-refractivity contribution in [1.82, 2.24) is 9.97 Å². The number of aromatic nitrogens is 2. The van der Waals surface area contributed by atoms with Crippen molar-refractivity contribution in [1.29, 1.82) is 0 Å². The first-order valence-corrected chi connectivity index (χ1v) is 6.39. The predicted octanol–water partition coefficient (Wildman–Crippen LogP) is 1.76. The van der Waals surface area contributed by atoms with Crippen LogP contribution in [0.15, 0.2) is 6.07 Å². The van der Waals surface area contributed by atoms with E-state index in [0.717, 1.165) is 35.8 Å². The number of methoxy groups -OCH3 is 1. The van der Waals surface area contributed by atoms with Gasteiger partial charge in [0.2, 0.25) is 0 Å². The summed E-state index contributed by atoms with van der Waals surface area (Å²) in [7, 11) is 5.61. The van der Waals surface area contributed by atoms with Gasteiger partial charge in [-0.3, -0.25) is 0 Å². The predicted molar refractivity (Wildman–Crippen MR) is 72.8 cm³/mol. The van der Waals surface area contributed by atoms with Crippen molar-refractivity contribution in [3.8, 4) is 0 Å². The summed E-state index contributed by atoms with van der Waals surface area (Å²) in [6, 6.07) is 1.98. The highest BCUT2D eigenvalue weighted by Crippen LogP contribution is 2.38. The minimum absolute atomic E-state index is 0.441.